The van der Waals surface area contributed by atoms with E-state index in [4.69, 9.17) is 17.3 Å². The van der Waals surface area contributed by atoms with E-state index >= 15 is 0 Å². The zero-order valence-corrected chi connectivity index (χ0v) is 9.36. The minimum Gasteiger partial charge on any atom is -0.382 e. The molecule has 0 atom stereocenters. The Labute approximate surface area is 97.7 Å². The Balaban J connectivity index is 2.27. The normalized spacial score (nSPS) is 10.1. The average Bonchev–Trinajstić information content (AvgIpc) is 2.28. The first-order chi connectivity index (χ1) is 7.66. The van der Waals surface area contributed by atoms with Gasteiger partial charge < -0.3 is 11.1 Å². The number of halogens is 1. The number of nitrogens with one attached hydrogen (secondary N) is 1. The maximum atomic E-state index is 5.94. The summed E-state index contributed by atoms with van der Waals surface area (Å²) in [5, 5.41) is 3.32. The van der Waals surface area contributed by atoms with Crippen LogP contribution in [0, 0.1) is 6.92 Å². The number of pyridine rings is 1. The van der Waals surface area contributed by atoms with Gasteiger partial charge in [-0.25, -0.2) is 9.97 Å². The summed E-state index contributed by atoms with van der Waals surface area (Å²) in [6.07, 6.45) is 3.05. The zero-order valence-electron chi connectivity index (χ0n) is 8.61. The minimum atomic E-state index is 0.249. The number of nitrogens with two attached hydrogens (primary N) is 1. The fourth-order valence-corrected chi connectivity index (χ4v) is 1.29. The Kier molecular flexibility index (Phi) is 2.87. The van der Waals surface area contributed by atoms with E-state index in [1.54, 1.807) is 6.20 Å². The molecule has 2 rings (SSSR count). The maximum Gasteiger partial charge on any atom is 0.154 e. The van der Waals surface area contributed by atoms with Crippen molar-refractivity contribution in [2.75, 3.05) is 11.1 Å². The smallest absolute Gasteiger partial charge is 0.154 e. The molecule has 0 amide bonds. The van der Waals surface area contributed by atoms with E-state index in [-0.39, 0.29) is 5.82 Å². The first-order valence-corrected chi connectivity index (χ1v) is 5.00. The van der Waals surface area contributed by atoms with E-state index in [0.717, 1.165) is 11.4 Å². The largest absolute Gasteiger partial charge is 0.382 e. The summed E-state index contributed by atoms with van der Waals surface area (Å²) in [6, 6.07) is 3.78. The van der Waals surface area contributed by atoms with Crippen molar-refractivity contribution in [3.8, 4) is 0 Å². The van der Waals surface area contributed by atoms with E-state index in [1.165, 1.54) is 6.33 Å². The number of aromatic nitrogens is 3. The number of aryl methyl sites for hydroxylation is 1. The van der Waals surface area contributed by atoms with Gasteiger partial charge in [-0.15, -0.1) is 0 Å². The molecule has 0 aromatic carbocycles. The van der Waals surface area contributed by atoms with Crippen LogP contribution in [-0.2, 0) is 0 Å². The summed E-state index contributed by atoms with van der Waals surface area (Å²) >= 11 is 5.94. The summed E-state index contributed by atoms with van der Waals surface area (Å²) in [7, 11) is 0. The van der Waals surface area contributed by atoms with Gasteiger partial charge in [-0.3, -0.25) is 4.98 Å². The second-order valence-corrected chi connectivity index (χ2v) is 3.61. The van der Waals surface area contributed by atoms with Crippen molar-refractivity contribution in [2.45, 2.75) is 6.92 Å². The van der Waals surface area contributed by atoms with Crippen molar-refractivity contribution in [1.82, 2.24) is 15.0 Å². The SMILES string of the molecule is Cc1ccc(Nc2ncnc(N)c2Cl)cn1. The lowest BCUT2D eigenvalue weighted by atomic mass is 10.3. The van der Waals surface area contributed by atoms with Gasteiger partial charge >= 0.3 is 0 Å². The second-order valence-electron chi connectivity index (χ2n) is 3.23. The molecule has 0 radical (unpaired) electrons. The van der Waals surface area contributed by atoms with Gasteiger partial charge in [0.15, 0.2) is 5.82 Å². The van der Waals surface area contributed by atoms with Crippen LogP contribution in [0.3, 0.4) is 0 Å². The van der Waals surface area contributed by atoms with Crippen LogP contribution in [0.1, 0.15) is 5.69 Å². The molecule has 0 bridgehead atoms. The lowest BCUT2D eigenvalue weighted by Gasteiger charge is -2.07. The molecule has 0 aliphatic heterocycles. The highest BCUT2D eigenvalue weighted by molar-refractivity contribution is 6.35. The van der Waals surface area contributed by atoms with Crippen molar-refractivity contribution in [1.29, 1.82) is 0 Å². The Bertz CT molecular complexity index is 497. The van der Waals surface area contributed by atoms with Crippen molar-refractivity contribution >= 4 is 28.9 Å². The fourth-order valence-electron chi connectivity index (χ4n) is 1.15. The van der Waals surface area contributed by atoms with Crippen molar-refractivity contribution < 1.29 is 0 Å². The highest BCUT2D eigenvalue weighted by Gasteiger charge is 2.06. The number of rotatable bonds is 2. The third-order valence-corrected chi connectivity index (χ3v) is 2.36. The molecule has 0 spiro atoms. The molecule has 0 aliphatic carbocycles. The van der Waals surface area contributed by atoms with Gasteiger partial charge in [-0.1, -0.05) is 11.6 Å². The zero-order chi connectivity index (χ0) is 11.5. The quantitative estimate of drug-likeness (QED) is 0.834. The molecule has 6 heteroatoms. The lowest BCUT2D eigenvalue weighted by molar-refractivity contribution is 1.16. The average molecular weight is 236 g/mol. The van der Waals surface area contributed by atoms with E-state index in [9.17, 15) is 0 Å². The van der Waals surface area contributed by atoms with Crippen LogP contribution in [0.25, 0.3) is 0 Å². The maximum absolute atomic E-state index is 5.94. The van der Waals surface area contributed by atoms with Crippen molar-refractivity contribution in [3.05, 3.63) is 35.4 Å². The first-order valence-electron chi connectivity index (χ1n) is 4.62. The monoisotopic (exact) mass is 235 g/mol. The van der Waals surface area contributed by atoms with Crippen LogP contribution in [0.4, 0.5) is 17.3 Å². The molecule has 2 heterocycles. The molecule has 0 fully saturated rings. The number of anilines is 3. The Morgan fingerprint density at radius 2 is 2.06 bits per heavy atom. The Morgan fingerprint density at radius 1 is 1.25 bits per heavy atom. The van der Waals surface area contributed by atoms with Gasteiger partial charge in [-0.05, 0) is 19.1 Å². The van der Waals surface area contributed by atoms with E-state index in [0.29, 0.717) is 10.8 Å². The van der Waals surface area contributed by atoms with E-state index in [1.807, 2.05) is 19.1 Å². The van der Waals surface area contributed by atoms with Crippen LogP contribution in [-0.4, -0.2) is 15.0 Å². The summed E-state index contributed by atoms with van der Waals surface area (Å²) < 4.78 is 0. The molecule has 0 saturated carbocycles. The molecular weight excluding hydrogens is 226 g/mol. The molecule has 82 valence electrons. The van der Waals surface area contributed by atoms with E-state index in [2.05, 4.69) is 20.3 Å². The summed E-state index contributed by atoms with van der Waals surface area (Å²) in [6.45, 7) is 1.92. The predicted octanol–water partition coefficient (Wildman–Crippen LogP) is 2.16. The minimum absolute atomic E-state index is 0.249. The number of hydrogen-bond acceptors (Lipinski definition) is 5. The number of nitrogen functional groups attached to an aromatic ring is 1. The van der Waals surface area contributed by atoms with Crippen LogP contribution < -0.4 is 11.1 Å². The van der Waals surface area contributed by atoms with Crippen LogP contribution >= 0.6 is 11.6 Å². The third-order valence-electron chi connectivity index (χ3n) is 1.99. The predicted molar refractivity (Wildman–Crippen MR) is 63.7 cm³/mol. The van der Waals surface area contributed by atoms with Crippen LogP contribution in [0.2, 0.25) is 5.02 Å². The van der Waals surface area contributed by atoms with Gasteiger partial charge in [0.1, 0.15) is 17.2 Å². The van der Waals surface area contributed by atoms with Crippen molar-refractivity contribution in [3.63, 3.8) is 0 Å². The molecule has 5 nitrogen and oxygen atoms in total. The standard InChI is InChI=1S/C10H10ClN5/c1-6-2-3-7(4-13-6)16-10-8(11)9(12)14-5-15-10/h2-5H,1H3,(H3,12,14,15,16). The highest BCUT2D eigenvalue weighted by atomic mass is 35.5. The number of hydrogen-bond donors (Lipinski definition) is 2. The third kappa shape index (κ3) is 2.20. The summed E-state index contributed by atoms with van der Waals surface area (Å²) in [5.74, 6) is 0.721. The molecule has 2 aromatic rings. The molecule has 0 saturated heterocycles. The summed E-state index contributed by atoms with van der Waals surface area (Å²) in [5.41, 5.74) is 7.30. The molecule has 16 heavy (non-hydrogen) atoms. The Morgan fingerprint density at radius 3 is 2.75 bits per heavy atom. The van der Waals surface area contributed by atoms with Gasteiger partial charge in [0.05, 0.1) is 11.9 Å². The molecule has 2 aromatic heterocycles. The summed E-state index contributed by atoms with van der Waals surface area (Å²) in [4.78, 5) is 11.9. The van der Waals surface area contributed by atoms with Crippen LogP contribution in [0.15, 0.2) is 24.7 Å². The first kappa shape index (κ1) is 10.6. The molecule has 0 aliphatic rings. The lowest BCUT2D eigenvalue weighted by Crippen LogP contribution is -1.99. The van der Waals surface area contributed by atoms with Gasteiger partial charge in [-0.2, -0.15) is 0 Å². The molecule has 0 unspecified atom stereocenters. The highest BCUT2D eigenvalue weighted by Crippen LogP contribution is 2.25. The van der Waals surface area contributed by atoms with Crippen LogP contribution in [0.5, 0.6) is 0 Å². The molecular formula is C10H10ClN5. The second kappa shape index (κ2) is 4.32. The van der Waals surface area contributed by atoms with Gasteiger partial charge in [0, 0.05) is 5.69 Å². The molecule has 3 N–H and O–H groups in total. The van der Waals surface area contributed by atoms with Crippen molar-refractivity contribution in [2.24, 2.45) is 0 Å². The van der Waals surface area contributed by atoms with Gasteiger partial charge in [0.25, 0.3) is 0 Å². The Hall–Kier alpha value is -1.88. The van der Waals surface area contributed by atoms with Gasteiger partial charge in [0.2, 0.25) is 0 Å². The number of nitrogens with zero attached hydrogens (tertiary/aromatic N) is 3. The van der Waals surface area contributed by atoms with E-state index < -0.39 is 0 Å². The topological polar surface area (TPSA) is 76.7 Å². The fraction of sp³-hybridized carbons (Fsp3) is 0.100.